The van der Waals surface area contributed by atoms with Crippen LogP contribution in [-0.4, -0.2) is 26.2 Å². The van der Waals surface area contributed by atoms with E-state index in [1.54, 1.807) is 0 Å². The lowest BCUT2D eigenvalue weighted by molar-refractivity contribution is -0.571. The SMILES string of the molecule is c1ccc([B-]2(c3ccccc3)OCCc3cccc[n+]32)cc1.c1ccc([B-]2(c3ccccc3)OCCc3cccc[n+]32)cc1. The molecule has 2 aliphatic heterocycles. The molecule has 0 bridgehead atoms. The summed E-state index contributed by atoms with van der Waals surface area (Å²) in [6.07, 6.45) is 6.19. The Morgan fingerprint density at radius 2 is 0.659 bits per heavy atom. The highest BCUT2D eigenvalue weighted by Crippen LogP contribution is 2.14. The average Bonchev–Trinajstić information content (AvgIpc) is 3.13. The molecule has 0 N–H and O–H groups in total. The molecular formula is C38H36B2N2O2. The second-order valence-electron chi connectivity index (χ2n) is 11.6. The topological polar surface area (TPSA) is 26.2 Å². The van der Waals surface area contributed by atoms with E-state index in [4.69, 9.17) is 9.31 Å². The summed E-state index contributed by atoms with van der Waals surface area (Å²) < 4.78 is 17.6. The van der Waals surface area contributed by atoms with Crippen molar-refractivity contribution in [3.8, 4) is 0 Å². The standard InChI is InChI=1S/2C19H18BNO/c2*1-3-9-17(10-4-1)20(18-11-5-2-6-12-18)21-15-8-7-13-19(21)14-16-22-20/h2*1-13,15H,14,16H2. The lowest BCUT2D eigenvalue weighted by Gasteiger charge is -2.40. The Balaban J connectivity index is 0.000000142. The van der Waals surface area contributed by atoms with Gasteiger partial charge in [0.2, 0.25) is 0 Å². The maximum atomic E-state index is 6.49. The third kappa shape index (κ3) is 4.96. The van der Waals surface area contributed by atoms with E-state index in [1.165, 1.54) is 33.2 Å². The summed E-state index contributed by atoms with van der Waals surface area (Å²) in [6, 6.07) is 55.0. The molecule has 0 unspecified atom stereocenters. The molecule has 0 amide bonds. The van der Waals surface area contributed by atoms with Crippen LogP contribution < -0.4 is 30.8 Å². The van der Waals surface area contributed by atoms with E-state index in [0.717, 1.165) is 26.1 Å². The maximum absolute atomic E-state index is 6.49. The zero-order chi connectivity index (χ0) is 29.7. The molecule has 0 saturated heterocycles. The Morgan fingerprint density at radius 1 is 0.364 bits per heavy atom. The summed E-state index contributed by atoms with van der Waals surface area (Å²) in [5.74, 6) is 0. The smallest absolute Gasteiger partial charge is 0.462 e. The predicted octanol–water partition coefficient (Wildman–Crippen LogP) is 3.30. The van der Waals surface area contributed by atoms with Crippen LogP contribution in [0.5, 0.6) is 0 Å². The van der Waals surface area contributed by atoms with Crippen molar-refractivity contribution in [2.45, 2.75) is 12.8 Å². The number of hydrogen-bond acceptors (Lipinski definition) is 2. The minimum atomic E-state index is -1.42. The van der Waals surface area contributed by atoms with Crippen molar-refractivity contribution in [1.82, 2.24) is 0 Å². The van der Waals surface area contributed by atoms with Gasteiger partial charge in [-0.2, -0.15) is 0 Å². The molecule has 0 radical (unpaired) electrons. The second-order valence-corrected chi connectivity index (χ2v) is 11.6. The number of pyridine rings is 2. The lowest BCUT2D eigenvalue weighted by Crippen LogP contribution is -2.83. The first-order valence-electron chi connectivity index (χ1n) is 15.6. The van der Waals surface area contributed by atoms with Crippen molar-refractivity contribution in [3.05, 3.63) is 182 Å². The summed E-state index contributed by atoms with van der Waals surface area (Å²) >= 11 is 0. The summed E-state index contributed by atoms with van der Waals surface area (Å²) in [7, 11) is 0. The van der Waals surface area contributed by atoms with Gasteiger partial charge in [0.1, 0.15) is 23.8 Å². The van der Waals surface area contributed by atoms with E-state index >= 15 is 0 Å². The molecule has 216 valence electrons. The Labute approximate surface area is 260 Å². The van der Waals surface area contributed by atoms with Crippen LogP contribution in [0.15, 0.2) is 170 Å². The van der Waals surface area contributed by atoms with E-state index in [2.05, 4.69) is 179 Å². The Morgan fingerprint density at radius 3 is 0.977 bits per heavy atom. The van der Waals surface area contributed by atoms with Gasteiger partial charge in [0.25, 0.3) is 0 Å². The number of hydrogen-bond donors (Lipinski definition) is 0. The first kappa shape index (κ1) is 28.0. The van der Waals surface area contributed by atoms with Crippen LogP contribution in [0.3, 0.4) is 0 Å². The molecule has 6 heteroatoms. The number of rotatable bonds is 4. The lowest BCUT2D eigenvalue weighted by atomic mass is 9.40. The highest BCUT2D eigenvalue weighted by molar-refractivity contribution is 6.91. The highest BCUT2D eigenvalue weighted by atomic mass is 16.5. The summed E-state index contributed by atoms with van der Waals surface area (Å²) in [6.45, 7) is -1.35. The molecule has 4 heterocycles. The molecule has 4 nitrogen and oxygen atoms in total. The summed E-state index contributed by atoms with van der Waals surface area (Å²) in [5.41, 5.74) is 7.50. The molecule has 2 aliphatic rings. The number of nitrogens with zero attached hydrogens (tertiary/aromatic N) is 2. The second kappa shape index (κ2) is 12.5. The number of benzene rings is 4. The van der Waals surface area contributed by atoms with Gasteiger partial charge in [0.15, 0.2) is 0 Å². The molecule has 8 rings (SSSR count). The van der Waals surface area contributed by atoms with Gasteiger partial charge in [0.05, 0.1) is 0 Å². The minimum absolute atomic E-state index is 0.744. The quantitative estimate of drug-likeness (QED) is 0.303. The molecule has 4 aromatic carbocycles. The van der Waals surface area contributed by atoms with Crippen LogP contribution in [0.1, 0.15) is 11.4 Å². The van der Waals surface area contributed by atoms with Crippen molar-refractivity contribution >= 4 is 34.8 Å². The van der Waals surface area contributed by atoms with E-state index in [9.17, 15) is 0 Å². The minimum Gasteiger partial charge on any atom is -0.523 e. The van der Waals surface area contributed by atoms with E-state index in [-0.39, 0.29) is 0 Å². The molecule has 44 heavy (non-hydrogen) atoms. The van der Waals surface area contributed by atoms with Crippen LogP contribution in [0.4, 0.5) is 0 Å². The van der Waals surface area contributed by atoms with Gasteiger partial charge in [0, 0.05) is 38.2 Å². The van der Waals surface area contributed by atoms with E-state index < -0.39 is 13.0 Å². The van der Waals surface area contributed by atoms with Gasteiger partial charge in [-0.15, -0.1) is 0 Å². The first-order valence-corrected chi connectivity index (χ1v) is 15.6. The normalized spacial score (nSPS) is 16.0. The van der Waals surface area contributed by atoms with Gasteiger partial charge >= 0.3 is 13.0 Å². The van der Waals surface area contributed by atoms with Crippen molar-refractivity contribution in [1.29, 1.82) is 0 Å². The van der Waals surface area contributed by atoms with Crippen molar-refractivity contribution in [2.24, 2.45) is 0 Å². The van der Waals surface area contributed by atoms with E-state index in [0.29, 0.717) is 0 Å². The molecular weight excluding hydrogens is 538 g/mol. The Bertz CT molecular complexity index is 1600. The van der Waals surface area contributed by atoms with E-state index in [1.807, 2.05) is 0 Å². The Hall–Kier alpha value is -4.77. The van der Waals surface area contributed by atoms with Gasteiger partial charge in [-0.1, -0.05) is 155 Å². The molecule has 0 saturated carbocycles. The predicted molar refractivity (Wildman–Crippen MR) is 179 cm³/mol. The van der Waals surface area contributed by atoms with Gasteiger partial charge in [-0.05, 0) is 12.1 Å². The molecule has 0 aliphatic carbocycles. The third-order valence-electron chi connectivity index (χ3n) is 9.18. The fourth-order valence-corrected chi connectivity index (χ4v) is 7.21. The van der Waals surface area contributed by atoms with Crippen molar-refractivity contribution in [3.63, 3.8) is 0 Å². The first-order chi connectivity index (χ1) is 21.8. The third-order valence-corrected chi connectivity index (χ3v) is 9.18. The van der Waals surface area contributed by atoms with Crippen LogP contribution in [-0.2, 0) is 22.2 Å². The highest BCUT2D eigenvalue weighted by Gasteiger charge is 2.47. The van der Waals surface area contributed by atoms with Gasteiger partial charge < -0.3 is 18.3 Å². The van der Waals surface area contributed by atoms with Crippen LogP contribution >= 0.6 is 0 Å². The zero-order valence-electron chi connectivity index (χ0n) is 24.9. The molecule has 2 aromatic heterocycles. The molecule has 0 fully saturated rings. The number of aromatic nitrogens is 2. The van der Waals surface area contributed by atoms with Crippen molar-refractivity contribution in [2.75, 3.05) is 13.2 Å². The monoisotopic (exact) mass is 574 g/mol. The van der Waals surface area contributed by atoms with Gasteiger partial charge in [-0.25, -0.2) is 0 Å². The number of fused-ring (bicyclic) bond motifs is 2. The summed E-state index contributed by atoms with van der Waals surface area (Å²) in [5, 5.41) is 0. The fraction of sp³-hybridized carbons (Fsp3) is 0.105. The van der Waals surface area contributed by atoms with Crippen LogP contribution in [0, 0.1) is 0 Å². The Kier molecular flexibility index (Phi) is 7.93. The molecule has 6 aromatic rings. The van der Waals surface area contributed by atoms with Crippen LogP contribution in [0.25, 0.3) is 0 Å². The maximum Gasteiger partial charge on any atom is 0.462 e. The van der Waals surface area contributed by atoms with Gasteiger partial charge in [-0.3, -0.25) is 0 Å². The molecule has 0 spiro atoms. The molecule has 0 atom stereocenters. The largest absolute Gasteiger partial charge is 0.523 e. The zero-order valence-corrected chi connectivity index (χ0v) is 24.9. The van der Waals surface area contributed by atoms with Crippen molar-refractivity contribution < 1.29 is 18.3 Å². The summed E-state index contributed by atoms with van der Waals surface area (Å²) in [4.78, 5) is 0. The van der Waals surface area contributed by atoms with Crippen LogP contribution in [0.2, 0.25) is 0 Å². The fourth-order valence-electron chi connectivity index (χ4n) is 7.21. The average molecular weight is 574 g/mol.